The molecule has 0 aromatic heterocycles. The number of hydrogen-bond acceptors (Lipinski definition) is 3. The summed E-state index contributed by atoms with van der Waals surface area (Å²) in [6.07, 6.45) is 4.07. The van der Waals surface area contributed by atoms with Crippen molar-refractivity contribution in [1.29, 1.82) is 0 Å². The molecule has 0 radical (unpaired) electrons. The third-order valence-corrected chi connectivity index (χ3v) is 4.14. The largest absolute Gasteiger partial charge is 0.394 e. The Morgan fingerprint density at radius 2 is 1.95 bits per heavy atom. The van der Waals surface area contributed by atoms with Gasteiger partial charge in [-0.25, -0.2) is 0 Å². The molecule has 2 amide bonds. The lowest BCUT2D eigenvalue weighted by molar-refractivity contribution is -0.122. The maximum Gasteiger partial charge on any atom is 0.227 e. The zero-order valence-electron chi connectivity index (χ0n) is 13.0. The molecule has 2 rings (SSSR count). The molecule has 0 heterocycles. The van der Waals surface area contributed by atoms with E-state index in [1.54, 1.807) is 0 Å². The number of hydrogen-bond donors (Lipinski definition) is 3. The fraction of sp³-hybridized carbons (Fsp3) is 0.529. The van der Waals surface area contributed by atoms with Crippen LogP contribution in [-0.4, -0.2) is 29.6 Å². The Morgan fingerprint density at radius 3 is 2.45 bits per heavy atom. The third kappa shape index (κ3) is 4.56. The summed E-state index contributed by atoms with van der Waals surface area (Å²) >= 11 is 0. The molecule has 1 unspecified atom stereocenters. The number of nitrogens with one attached hydrogen (secondary N) is 2. The summed E-state index contributed by atoms with van der Waals surface area (Å²) in [7, 11) is 0. The first-order valence-corrected chi connectivity index (χ1v) is 7.92. The van der Waals surface area contributed by atoms with Crippen LogP contribution in [0.25, 0.3) is 0 Å². The zero-order valence-corrected chi connectivity index (χ0v) is 13.0. The van der Waals surface area contributed by atoms with E-state index in [-0.39, 0.29) is 36.8 Å². The van der Waals surface area contributed by atoms with Crippen molar-refractivity contribution < 1.29 is 14.7 Å². The monoisotopic (exact) mass is 304 g/mol. The first-order chi connectivity index (χ1) is 10.6. The normalized spacial score (nSPS) is 15.7. The first-order valence-electron chi connectivity index (χ1n) is 7.92. The maximum atomic E-state index is 11.8. The van der Waals surface area contributed by atoms with Crippen molar-refractivity contribution in [2.24, 2.45) is 5.92 Å². The van der Waals surface area contributed by atoms with Crippen LogP contribution in [0, 0.1) is 5.92 Å². The second-order valence-corrected chi connectivity index (χ2v) is 5.85. The van der Waals surface area contributed by atoms with Gasteiger partial charge in [-0.2, -0.15) is 0 Å². The Labute approximate surface area is 131 Å². The van der Waals surface area contributed by atoms with E-state index >= 15 is 0 Å². The smallest absolute Gasteiger partial charge is 0.227 e. The van der Waals surface area contributed by atoms with Gasteiger partial charge < -0.3 is 15.7 Å². The summed E-state index contributed by atoms with van der Waals surface area (Å²) in [6, 6.07) is 7.14. The Kier molecular flexibility index (Phi) is 5.95. The van der Waals surface area contributed by atoms with Crippen LogP contribution < -0.4 is 10.6 Å². The van der Waals surface area contributed by atoms with Gasteiger partial charge in [-0.3, -0.25) is 9.59 Å². The second-order valence-electron chi connectivity index (χ2n) is 5.85. The quantitative estimate of drug-likeness (QED) is 0.719. The fourth-order valence-electron chi connectivity index (χ4n) is 2.36. The van der Waals surface area contributed by atoms with Crippen molar-refractivity contribution in [3.8, 4) is 0 Å². The van der Waals surface area contributed by atoms with Crippen molar-refractivity contribution >= 4 is 17.5 Å². The van der Waals surface area contributed by atoms with Crippen molar-refractivity contribution in [3.05, 3.63) is 29.8 Å². The summed E-state index contributed by atoms with van der Waals surface area (Å²) < 4.78 is 0. The molecule has 1 aromatic rings. The molecule has 1 saturated carbocycles. The lowest BCUT2D eigenvalue weighted by atomic mass is 9.85. The van der Waals surface area contributed by atoms with E-state index in [0.29, 0.717) is 6.42 Å². The molecule has 0 spiro atoms. The maximum absolute atomic E-state index is 11.8. The number of aliphatic hydroxyl groups is 1. The molecule has 0 aliphatic heterocycles. The number of carbonyl (C=O) groups excluding carboxylic acids is 2. The van der Waals surface area contributed by atoms with Crippen molar-refractivity contribution in [3.63, 3.8) is 0 Å². The van der Waals surface area contributed by atoms with E-state index in [9.17, 15) is 9.59 Å². The lowest BCUT2D eigenvalue weighted by Crippen LogP contribution is -2.37. The average Bonchev–Trinajstić information content (AvgIpc) is 2.45. The van der Waals surface area contributed by atoms with E-state index in [1.807, 2.05) is 31.2 Å². The molecule has 3 N–H and O–H groups in total. The number of amides is 2. The first kappa shape index (κ1) is 16.5. The molecular weight excluding hydrogens is 280 g/mol. The summed E-state index contributed by atoms with van der Waals surface area (Å²) in [5.41, 5.74) is 1.65. The van der Waals surface area contributed by atoms with Gasteiger partial charge in [-0.1, -0.05) is 25.5 Å². The van der Waals surface area contributed by atoms with Gasteiger partial charge in [0.05, 0.1) is 19.1 Å². The highest BCUT2D eigenvalue weighted by atomic mass is 16.3. The molecule has 1 aromatic carbocycles. The summed E-state index contributed by atoms with van der Waals surface area (Å²) in [6.45, 7) is 1.87. The summed E-state index contributed by atoms with van der Waals surface area (Å²) in [4.78, 5) is 23.7. The SMILES string of the molecule is CCC(CO)NC(=O)Cc1ccc(NC(=O)C2CCC2)cc1. The molecule has 0 bridgehead atoms. The highest BCUT2D eigenvalue weighted by Crippen LogP contribution is 2.27. The minimum Gasteiger partial charge on any atom is -0.394 e. The van der Waals surface area contributed by atoms with E-state index in [2.05, 4.69) is 10.6 Å². The standard InChI is InChI=1S/C17H24N2O3/c1-2-14(11-20)18-16(21)10-12-6-8-15(9-7-12)19-17(22)13-4-3-5-13/h6-9,13-14,20H,2-5,10-11H2,1H3,(H,18,21)(H,19,22). The molecule has 1 aliphatic rings. The molecule has 22 heavy (non-hydrogen) atoms. The average molecular weight is 304 g/mol. The number of carbonyl (C=O) groups is 2. The van der Waals surface area contributed by atoms with Gasteiger partial charge in [0.15, 0.2) is 0 Å². The van der Waals surface area contributed by atoms with Crippen LogP contribution in [0.4, 0.5) is 5.69 Å². The third-order valence-electron chi connectivity index (χ3n) is 4.14. The van der Waals surface area contributed by atoms with Crippen LogP contribution in [0.2, 0.25) is 0 Å². The van der Waals surface area contributed by atoms with E-state index in [4.69, 9.17) is 5.11 Å². The van der Waals surface area contributed by atoms with Crippen LogP contribution in [0.1, 0.15) is 38.2 Å². The number of rotatable bonds is 7. The van der Waals surface area contributed by atoms with Crippen molar-refractivity contribution in [1.82, 2.24) is 5.32 Å². The zero-order chi connectivity index (χ0) is 15.9. The van der Waals surface area contributed by atoms with Gasteiger partial charge in [0.2, 0.25) is 11.8 Å². The molecule has 1 atom stereocenters. The van der Waals surface area contributed by atoms with Crippen molar-refractivity contribution in [2.75, 3.05) is 11.9 Å². The second kappa shape index (κ2) is 7.94. The topological polar surface area (TPSA) is 78.4 Å². The van der Waals surface area contributed by atoms with Gasteiger partial charge in [-0.15, -0.1) is 0 Å². The number of aliphatic hydroxyl groups excluding tert-OH is 1. The van der Waals surface area contributed by atoms with Gasteiger partial charge in [0.25, 0.3) is 0 Å². The van der Waals surface area contributed by atoms with Crippen molar-refractivity contribution in [2.45, 2.75) is 45.1 Å². The Bertz CT molecular complexity index is 505. The molecule has 5 nitrogen and oxygen atoms in total. The van der Waals surface area contributed by atoms with Crippen LogP contribution >= 0.6 is 0 Å². The van der Waals surface area contributed by atoms with Gasteiger partial charge in [0, 0.05) is 11.6 Å². The predicted molar refractivity (Wildman–Crippen MR) is 85.4 cm³/mol. The fourth-order valence-corrected chi connectivity index (χ4v) is 2.36. The number of anilines is 1. The lowest BCUT2D eigenvalue weighted by Gasteiger charge is -2.24. The Hall–Kier alpha value is -1.88. The molecule has 1 fully saturated rings. The van der Waals surface area contributed by atoms with Crippen LogP contribution in [0.15, 0.2) is 24.3 Å². The summed E-state index contributed by atoms with van der Waals surface area (Å²) in [5, 5.41) is 14.8. The minimum atomic E-state index is -0.187. The highest BCUT2D eigenvalue weighted by Gasteiger charge is 2.25. The molecule has 0 saturated heterocycles. The summed E-state index contributed by atoms with van der Waals surface area (Å²) in [5.74, 6) is 0.146. The Balaban J connectivity index is 1.83. The van der Waals surface area contributed by atoms with E-state index in [0.717, 1.165) is 30.5 Å². The minimum absolute atomic E-state index is 0.0472. The van der Waals surface area contributed by atoms with Crippen LogP contribution in [0.3, 0.4) is 0 Å². The predicted octanol–water partition coefficient (Wildman–Crippen LogP) is 1.85. The van der Waals surface area contributed by atoms with E-state index < -0.39 is 0 Å². The van der Waals surface area contributed by atoms with Crippen LogP contribution in [-0.2, 0) is 16.0 Å². The van der Waals surface area contributed by atoms with Gasteiger partial charge in [0.1, 0.15) is 0 Å². The van der Waals surface area contributed by atoms with Gasteiger partial charge >= 0.3 is 0 Å². The molecule has 5 heteroatoms. The molecule has 120 valence electrons. The molecule has 1 aliphatic carbocycles. The van der Waals surface area contributed by atoms with Gasteiger partial charge in [-0.05, 0) is 37.0 Å². The Morgan fingerprint density at radius 1 is 1.27 bits per heavy atom. The highest BCUT2D eigenvalue weighted by molar-refractivity contribution is 5.93. The molecular formula is C17H24N2O3. The van der Waals surface area contributed by atoms with E-state index in [1.165, 1.54) is 0 Å². The van der Waals surface area contributed by atoms with Crippen LogP contribution in [0.5, 0.6) is 0 Å². The number of benzene rings is 1.